The lowest BCUT2D eigenvalue weighted by Crippen LogP contribution is -2.14. The lowest BCUT2D eigenvalue weighted by atomic mass is 9.83. The van der Waals surface area contributed by atoms with Crippen LogP contribution in [0.2, 0.25) is 0 Å². The van der Waals surface area contributed by atoms with Crippen LogP contribution in [-0.2, 0) is 0 Å². The van der Waals surface area contributed by atoms with Crippen molar-refractivity contribution in [2.45, 2.75) is 40.5 Å². The summed E-state index contributed by atoms with van der Waals surface area (Å²) in [4.78, 5) is 0. The van der Waals surface area contributed by atoms with Gasteiger partial charge in [-0.2, -0.15) is 0 Å². The van der Waals surface area contributed by atoms with Crippen molar-refractivity contribution in [2.24, 2.45) is 23.7 Å². The third-order valence-electron chi connectivity index (χ3n) is 3.74. The van der Waals surface area contributed by atoms with Crippen LogP contribution in [0.1, 0.15) is 40.5 Å². The summed E-state index contributed by atoms with van der Waals surface area (Å²) in [7, 11) is 0. The summed E-state index contributed by atoms with van der Waals surface area (Å²) in [6.07, 6.45) is 2.74. The lowest BCUT2D eigenvalue weighted by Gasteiger charge is -2.22. The van der Waals surface area contributed by atoms with Gasteiger partial charge in [-0.3, -0.25) is 0 Å². The molecule has 0 saturated heterocycles. The van der Waals surface area contributed by atoms with Crippen LogP contribution in [0.25, 0.3) is 0 Å². The molecule has 0 heteroatoms. The Morgan fingerprint density at radius 1 is 1.42 bits per heavy atom. The largest absolute Gasteiger partial charge is 0.0998 e. The van der Waals surface area contributed by atoms with Gasteiger partial charge in [0.25, 0.3) is 0 Å². The van der Waals surface area contributed by atoms with E-state index in [9.17, 15) is 0 Å². The Balaban J connectivity index is 2.73. The average molecular weight is 166 g/mol. The van der Waals surface area contributed by atoms with Gasteiger partial charge < -0.3 is 0 Å². The Hall–Kier alpha value is -0.260. The van der Waals surface area contributed by atoms with Gasteiger partial charge in [0.05, 0.1) is 0 Å². The van der Waals surface area contributed by atoms with Crippen molar-refractivity contribution < 1.29 is 0 Å². The van der Waals surface area contributed by atoms with Crippen LogP contribution in [0.5, 0.6) is 0 Å². The maximum Gasteiger partial charge on any atom is -0.0152 e. The molecule has 1 unspecified atom stereocenters. The van der Waals surface area contributed by atoms with Crippen LogP contribution in [0, 0.1) is 23.7 Å². The first kappa shape index (κ1) is 9.83. The molecule has 12 heavy (non-hydrogen) atoms. The first-order valence-corrected chi connectivity index (χ1v) is 5.23. The van der Waals surface area contributed by atoms with Gasteiger partial charge in [0.15, 0.2) is 0 Å². The molecule has 4 atom stereocenters. The van der Waals surface area contributed by atoms with Gasteiger partial charge in [-0.05, 0) is 37.0 Å². The van der Waals surface area contributed by atoms with Gasteiger partial charge in [0.1, 0.15) is 0 Å². The summed E-state index contributed by atoms with van der Waals surface area (Å²) in [5.41, 5.74) is 1.40. The highest BCUT2D eigenvalue weighted by atomic mass is 14.4. The number of allylic oxidation sites excluding steroid dienone is 1. The van der Waals surface area contributed by atoms with E-state index in [0.717, 1.165) is 23.7 Å². The third kappa shape index (κ3) is 1.57. The minimum absolute atomic E-state index is 0.796. The van der Waals surface area contributed by atoms with E-state index in [0.29, 0.717) is 0 Å². The van der Waals surface area contributed by atoms with Crippen LogP contribution >= 0.6 is 0 Å². The molecule has 0 N–H and O–H groups in total. The van der Waals surface area contributed by atoms with Crippen LogP contribution < -0.4 is 0 Å². The molecule has 0 aromatic rings. The fourth-order valence-electron chi connectivity index (χ4n) is 2.89. The van der Waals surface area contributed by atoms with E-state index < -0.39 is 0 Å². The van der Waals surface area contributed by atoms with Crippen molar-refractivity contribution in [1.82, 2.24) is 0 Å². The number of rotatable bonds is 2. The second-order valence-electron chi connectivity index (χ2n) is 4.61. The molecule has 0 nitrogen and oxygen atoms in total. The van der Waals surface area contributed by atoms with Crippen molar-refractivity contribution in [3.63, 3.8) is 0 Å². The molecule has 0 heterocycles. The zero-order valence-electron chi connectivity index (χ0n) is 8.93. The lowest BCUT2D eigenvalue weighted by molar-refractivity contribution is 0.355. The predicted molar refractivity (Wildman–Crippen MR) is 55.0 cm³/mol. The van der Waals surface area contributed by atoms with E-state index >= 15 is 0 Å². The normalized spacial score (nSPS) is 41.7. The van der Waals surface area contributed by atoms with Crippen LogP contribution in [0.3, 0.4) is 0 Å². The van der Waals surface area contributed by atoms with Crippen molar-refractivity contribution in [3.8, 4) is 0 Å². The highest BCUT2D eigenvalue weighted by molar-refractivity contribution is 5.05. The fourth-order valence-corrected chi connectivity index (χ4v) is 2.89. The second-order valence-corrected chi connectivity index (χ2v) is 4.61. The predicted octanol–water partition coefficient (Wildman–Crippen LogP) is 3.88. The zero-order valence-corrected chi connectivity index (χ0v) is 8.93. The summed E-state index contributed by atoms with van der Waals surface area (Å²) >= 11 is 0. The van der Waals surface area contributed by atoms with Crippen LogP contribution in [-0.4, -0.2) is 0 Å². The molecule has 0 aromatic carbocycles. The zero-order chi connectivity index (χ0) is 9.30. The van der Waals surface area contributed by atoms with E-state index in [1.54, 1.807) is 0 Å². The maximum absolute atomic E-state index is 4.12. The van der Waals surface area contributed by atoms with E-state index in [1.165, 1.54) is 18.4 Å². The summed E-state index contributed by atoms with van der Waals surface area (Å²) in [6.45, 7) is 13.4. The molecule has 0 bridgehead atoms. The van der Waals surface area contributed by atoms with E-state index in [1.807, 2.05) is 0 Å². The number of hydrogen-bond acceptors (Lipinski definition) is 0. The van der Waals surface area contributed by atoms with E-state index in [4.69, 9.17) is 0 Å². The second kappa shape index (κ2) is 3.64. The van der Waals surface area contributed by atoms with E-state index in [-0.39, 0.29) is 0 Å². The highest BCUT2D eigenvalue weighted by Gasteiger charge is 2.37. The quantitative estimate of drug-likeness (QED) is 0.546. The standard InChI is InChI=1S/C12H22/c1-6-11-7-9(4)10(5)12(11)8(2)3/h9-12H,2,6-7H2,1,3-5H3/t9-,10?,11+,12-/m0/s1. The Morgan fingerprint density at radius 3 is 2.33 bits per heavy atom. The molecule has 1 rings (SSSR count). The molecular formula is C12H22. The number of hydrogen-bond donors (Lipinski definition) is 0. The summed E-state index contributed by atoms with van der Waals surface area (Å²) in [5, 5.41) is 0. The monoisotopic (exact) mass is 166 g/mol. The first-order valence-electron chi connectivity index (χ1n) is 5.23. The van der Waals surface area contributed by atoms with Crippen LogP contribution in [0.4, 0.5) is 0 Å². The highest BCUT2D eigenvalue weighted by Crippen LogP contribution is 2.45. The van der Waals surface area contributed by atoms with Crippen molar-refractivity contribution in [3.05, 3.63) is 12.2 Å². The molecular weight excluding hydrogens is 144 g/mol. The van der Waals surface area contributed by atoms with Gasteiger partial charge >= 0.3 is 0 Å². The molecule has 0 aromatic heterocycles. The maximum atomic E-state index is 4.12. The third-order valence-corrected chi connectivity index (χ3v) is 3.74. The molecule has 1 saturated carbocycles. The van der Waals surface area contributed by atoms with Gasteiger partial charge in [0.2, 0.25) is 0 Å². The average Bonchev–Trinajstić information content (AvgIpc) is 2.28. The van der Waals surface area contributed by atoms with Gasteiger partial charge in [-0.1, -0.05) is 39.3 Å². The molecule has 1 fully saturated rings. The van der Waals surface area contributed by atoms with Crippen molar-refractivity contribution in [1.29, 1.82) is 0 Å². The molecule has 0 spiro atoms. The Labute approximate surface area is 77.1 Å². The van der Waals surface area contributed by atoms with Gasteiger partial charge in [-0.15, -0.1) is 0 Å². The van der Waals surface area contributed by atoms with Crippen molar-refractivity contribution >= 4 is 0 Å². The van der Waals surface area contributed by atoms with Crippen LogP contribution in [0.15, 0.2) is 12.2 Å². The molecule has 0 amide bonds. The molecule has 70 valence electrons. The SMILES string of the molecule is C=C(C)[C@H]1C(C)[C@@H](C)C[C@H]1CC. The topological polar surface area (TPSA) is 0 Å². The molecule has 0 radical (unpaired) electrons. The minimum Gasteiger partial charge on any atom is -0.0998 e. The van der Waals surface area contributed by atoms with Gasteiger partial charge in [-0.25, -0.2) is 0 Å². The summed E-state index contributed by atoms with van der Waals surface area (Å²) in [5.74, 6) is 3.46. The van der Waals surface area contributed by atoms with E-state index in [2.05, 4.69) is 34.3 Å². The molecule has 1 aliphatic rings. The fraction of sp³-hybridized carbons (Fsp3) is 0.833. The minimum atomic E-state index is 0.796. The first-order chi connectivity index (χ1) is 5.57. The van der Waals surface area contributed by atoms with Crippen molar-refractivity contribution in [2.75, 3.05) is 0 Å². The Morgan fingerprint density at radius 2 is 2.00 bits per heavy atom. The molecule has 1 aliphatic carbocycles. The summed E-state index contributed by atoms with van der Waals surface area (Å²) in [6, 6.07) is 0. The molecule has 0 aliphatic heterocycles. The smallest absolute Gasteiger partial charge is 0.0152 e. The Bertz CT molecular complexity index is 169. The van der Waals surface area contributed by atoms with Gasteiger partial charge in [0, 0.05) is 0 Å². The summed E-state index contributed by atoms with van der Waals surface area (Å²) < 4.78 is 0. The Kier molecular flexibility index (Phi) is 2.98.